The molecule has 0 unspecified atom stereocenters. The molecule has 5 aliphatic carbocycles. The van der Waals surface area contributed by atoms with Gasteiger partial charge in [0.05, 0.1) is 0 Å². The van der Waals surface area contributed by atoms with Crippen LogP contribution in [-0.2, 0) is 4.79 Å². The van der Waals surface area contributed by atoms with E-state index < -0.39 is 0 Å². The van der Waals surface area contributed by atoms with Crippen molar-refractivity contribution in [3.8, 4) is 11.9 Å². The second kappa shape index (κ2) is 7.59. The van der Waals surface area contributed by atoms with E-state index in [-0.39, 0.29) is 23.7 Å². The number of rotatable bonds is 5. The predicted molar refractivity (Wildman–Crippen MR) is 107 cm³/mol. The summed E-state index contributed by atoms with van der Waals surface area (Å²) < 4.78 is 5.91. The molecule has 1 aromatic heterocycles. The smallest absolute Gasteiger partial charge is 0.251 e. The first-order valence-corrected chi connectivity index (χ1v) is 11.3. The van der Waals surface area contributed by atoms with Crippen molar-refractivity contribution >= 4 is 5.91 Å². The quantitative estimate of drug-likeness (QED) is 0.821. The molecule has 154 valence electrons. The molecule has 29 heavy (non-hydrogen) atoms. The molecule has 0 atom stereocenters. The normalized spacial score (nSPS) is 37.7. The predicted octanol–water partition coefficient (Wildman–Crippen LogP) is 3.76. The van der Waals surface area contributed by atoms with Crippen LogP contribution < -0.4 is 10.1 Å². The second-order valence-electron chi connectivity index (χ2n) is 10.1. The molecule has 6 nitrogen and oxygen atoms in total. The third-order valence-electron chi connectivity index (χ3n) is 7.79. The van der Waals surface area contributed by atoms with Crippen molar-refractivity contribution in [2.24, 2.45) is 23.2 Å². The maximum absolute atomic E-state index is 12.9. The highest BCUT2D eigenvalue weighted by molar-refractivity contribution is 5.77. The summed E-state index contributed by atoms with van der Waals surface area (Å²) in [5, 5.41) is 12.5. The van der Waals surface area contributed by atoms with Gasteiger partial charge in [0.15, 0.2) is 0 Å². The van der Waals surface area contributed by atoms with Crippen molar-refractivity contribution in [3.05, 3.63) is 18.1 Å². The molecule has 5 fully saturated rings. The minimum Gasteiger partial charge on any atom is -0.472 e. The molecule has 1 heterocycles. The lowest BCUT2D eigenvalue weighted by Gasteiger charge is -2.56. The zero-order valence-corrected chi connectivity index (χ0v) is 17.0. The van der Waals surface area contributed by atoms with Crippen LogP contribution in [0.2, 0.25) is 0 Å². The molecule has 1 N–H and O–H groups in total. The Kier molecular flexibility index (Phi) is 4.93. The summed E-state index contributed by atoms with van der Waals surface area (Å²) in [6.07, 6.45) is 15.5. The standard InChI is InChI=1S/C23H30N4O2/c24-14-20-22(26-6-5-25-20)29-19-3-1-18(2-4-19)27-21(28)13-23-10-15-7-16(11-23)9-17(8-15)12-23/h5-6,15-19H,1-4,7-13H2,(H,27,28). The fraction of sp³-hybridized carbons (Fsp3) is 0.739. The summed E-state index contributed by atoms with van der Waals surface area (Å²) in [6.45, 7) is 0. The summed E-state index contributed by atoms with van der Waals surface area (Å²) in [7, 11) is 0. The average Bonchev–Trinajstić information content (AvgIpc) is 2.68. The van der Waals surface area contributed by atoms with Crippen molar-refractivity contribution in [1.82, 2.24) is 15.3 Å². The number of ether oxygens (including phenoxy) is 1. The van der Waals surface area contributed by atoms with Gasteiger partial charge in [0, 0.05) is 24.9 Å². The molecule has 0 radical (unpaired) electrons. The minimum atomic E-state index is 0.0371. The van der Waals surface area contributed by atoms with Gasteiger partial charge in [0.25, 0.3) is 5.88 Å². The Morgan fingerprint density at radius 2 is 1.69 bits per heavy atom. The molecule has 0 aliphatic heterocycles. The van der Waals surface area contributed by atoms with Crippen LogP contribution in [0.4, 0.5) is 0 Å². The van der Waals surface area contributed by atoms with Gasteiger partial charge in [-0.1, -0.05) is 0 Å². The van der Waals surface area contributed by atoms with Crippen molar-refractivity contribution in [3.63, 3.8) is 0 Å². The summed E-state index contributed by atoms with van der Waals surface area (Å²) in [4.78, 5) is 21.0. The first-order valence-electron chi connectivity index (χ1n) is 11.3. The fourth-order valence-electron chi connectivity index (χ4n) is 7.10. The van der Waals surface area contributed by atoms with Crippen LogP contribution >= 0.6 is 0 Å². The molecular weight excluding hydrogens is 364 g/mol. The van der Waals surface area contributed by atoms with E-state index in [0.29, 0.717) is 11.3 Å². The molecule has 0 spiro atoms. The van der Waals surface area contributed by atoms with Gasteiger partial charge in [0.1, 0.15) is 12.2 Å². The van der Waals surface area contributed by atoms with E-state index in [0.717, 1.165) is 49.9 Å². The van der Waals surface area contributed by atoms with Crippen LogP contribution in [0.25, 0.3) is 0 Å². The van der Waals surface area contributed by atoms with Gasteiger partial charge in [0.2, 0.25) is 11.6 Å². The van der Waals surface area contributed by atoms with Gasteiger partial charge in [-0.3, -0.25) is 4.79 Å². The Labute approximate surface area is 172 Å². The Bertz CT molecular complexity index is 774. The molecule has 4 bridgehead atoms. The van der Waals surface area contributed by atoms with Gasteiger partial charge in [-0.25, -0.2) is 9.97 Å². The number of carbonyl (C=O) groups excluding carboxylic acids is 1. The van der Waals surface area contributed by atoms with Crippen molar-refractivity contribution in [2.45, 2.75) is 82.8 Å². The maximum Gasteiger partial charge on any atom is 0.251 e. The zero-order chi connectivity index (χ0) is 19.8. The Morgan fingerprint density at radius 3 is 2.31 bits per heavy atom. The van der Waals surface area contributed by atoms with Crippen molar-refractivity contribution < 1.29 is 9.53 Å². The monoisotopic (exact) mass is 394 g/mol. The number of aromatic nitrogens is 2. The van der Waals surface area contributed by atoms with Crippen LogP contribution in [0.15, 0.2) is 12.4 Å². The molecular formula is C23H30N4O2. The van der Waals surface area contributed by atoms with Crippen LogP contribution in [0.5, 0.6) is 5.88 Å². The SMILES string of the molecule is N#Cc1nccnc1OC1CCC(NC(=O)CC23CC4CC(CC(C4)C2)C3)CC1. The van der Waals surface area contributed by atoms with Crippen LogP contribution in [0.1, 0.15) is 76.3 Å². The lowest BCUT2D eigenvalue weighted by atomic mass is 9.49. The van der Waals surface area contributed by atoms with Gasteiger partial charge >= 0.3 is 0 Å². The lowest BCUT2D eigenvalue weighted by Crippen LogP contribution is -2.49. The molecule has 6 heteroatoms. The summed E-state index contributed by atoms with van der Waals surface area (Å²) >= 11 is 0. The Balaban J connectivity index is 1.11. The number of nitrogens with one attached hydrogen (secondary N) is 1. The third-order valence-corrected chi connectivity index (χ3v) is 7.79. The largest absolute Gasteiger partial charge is 0.472 e. The van der Waals surface area contributed by atoms with Gasteiger partial charge in [-0.05, 0) is 87.4 Å². The molecule has 5 aliphatic rings. The van der Waals surface area contributed by atoms with Crippen molar-refractivity contribution in [2.75, 3.05) is 0 Å². The van der Waals surface area contributed by atoms with Gasteiger partial charge in [-0.15, -0.1) is 0 Å². The first kappa shape index (κ1) is 18.8. The highest BCUT2D eigenvalue weighted by Gasteiger charge is 2.51. The number of nitrogens with zero attached hydrogens (tertiary/aromatic N) is 3. The van der Waals surface area contributed by atoms with E-state index in [9.17, 15) is 4.79 Å². The number of nitriles is 1. The topological polar surface area (TPSA) is 87.9 Å². The van der Waals surface area contributed by atoms with E-state index in [1.165, 1.54) is 44.7 Å². The van der Waals surface area contributed by atoms with E-state index >= 15 is 0 Å². The lowest BCUT2D eigenvalue weighted by molar-refractivity contribution is -0.130. The number of carbonyl (C=O) groups is 1. The first-order chi connectivity index (χ1) is 14.1. The highest BCUT2D eigenvalue weighted by atomic mass is 16.5. The van der Waals surface area contributed by atoms with Crippen LogP contribution in [0.3, 0.4) is 0 Å². The molecule has 1 amide bonds. The van der Waals surface area contributed by atoms with E-state index in [1.54, 1.807) is 6.20 Å². The van der Waals surface area contributed by atoms with E-state index in [2.05, 4.69) is 15.3 Å². The maximum atomic E-state index is 12.9. The molecule has 6 rings (SSSR count). The van der Waals surface area contributed by atoms with Crippen molar-refractivity contribution in [1.29, 1.82) is 5.26 Å². The summed E-state index contributed by atoms with van der Waals surface area (Å²) in [5.41, 5.74) is 0.539. The Morgan fingerprint density at radius 1 is 1.07 bits per heavy atom. The minimum absolute atomic E-state index is 0.0371. The van der Waals surface area contributed by atoms with Crippen LogP contribution in [0, 0.1) is 34.5 Å². The summed E-state index contributed by atoms with van der Waals surface area (Å²) in [6, 6.07) is 2.27. The molecule has 0 aromatic carbocycles. The van der Waals surface area contributed by atoms with E-state index in [4.69, 9.17) is 10.00 Å². The summed E-state index contributed by atoms with van der Waals surface area (Å²) in [5.74, 6) is 3.25. The third kappa shape index (κ3) is 3.97. The van der Waals surface area contributed by atoms with Gasteiger partial charge < -0.3 is 10.1 Å². The highest BCUT2D eigenvalue weighted by Crippen LogP contribution is 2.61. The number of amides is 1. The second-order valence-corrected chi connectivity index (χ2v) is 10.1. The number of hydrogen-bond acceptors (Lipinski definition) is 5. The van der Waals surface area contributed by atoms with Crippen LogP contribution in [-0.4, -0.2) is 28.0 Å². The average molecular weight is 395 g/mol. The van der Waals surface area contributed by atoms with Gasteiger partial charge in [-0.2, -0.15) is 5.26 Å². The fourth-order valence-corrected chi connectivity index (χ4v) is 7.10. The number of hydrogen-bond donors (Lipinski definition) is 1. The Hall–Kier alpha value is -2.16. The molecule has 5 saturated carbocycles. The molecule has 1 aromatic rings. The molecule has 0 saturated heterocycles. The zero-order valence-electron chi connectivity index (χ0n) is 17.0. The van der Waals surface area contributed by atoms with E-state index in [1.807, 2.05) is 6.07 Å².